The van der Waals surface area contributed by atoms with Crippen molar-refractivity contribution < 1.29 is 14.3 Å². The Morgan fingerprint density at radius 1 is 1.00 bits per heavy atom. The average molecular weight is 391 g/mol. The Balaban J connectivity index is 1.72. The topological polar surface area (TPSA) is 72.5 Å². The van der Waals surface area contributed by atoms with Crippen LogP contribution in [-0.4, -0.2) is 24.1 Å². The SMILES string of the molecule is COc1ccc(C)cc1NC(=O)c1cc(Nc2ccc(OC(C)C)cc2)ccn1. The van der Waals surface area contributed by atoms with E-state index in [0.717, 1.165) is 22.7 Å². The third-order valence-corrected chi connectivity index (χ3v) is 4.11. The molecular weight excluding hydrogens is 366 g/mol. The number of aryl methyl sites for hydroxylation is 1. The fourth-order valence-electron chi connectivity index (χ4n) is 2.79. The maximum absolute atomic E-state index is 12.7. The summed E-state index contributed by atoms with van der Waals surface area (Å²) >= 11 is 0. The lowest BCUT2D eigenvalue weighted by Gasteiger charge is -2.12. The van der Waals surface area contributed by atoms with Gasteiger partial charge in [-0.2, -0.15) is 0 Å². The third kappa shape index (κ3) is 5.48. The molecule has 6 heteroatoms. The highest BCUT2D eigenvalue weighted by Crippen LogP contribution is 2.26. The van der Waals surface area contributed by atoms with Crippen molar-refractivity contribution in [1.29, 1.82) is 0 Å². The van der Waals surface area contributed by atoms with Crippen molar-refractivity contribution >= 4 is 23.0 Å². The lowest BCUT2D eigenvalue weighted by atomic mass is 10.2. The van der Waals surface area contributed by atoms with Crippen LogP contribution in [-0.2, 0) is 0 Å². The summed E-state index contributed by atoms with van der Waals surface area (Å²) in [6, 6.07) is 16.8. The highest BCUT2D eigenvalue weighted by molar-refractivity contribution is 6.04. The number of hydrogen-bond donors (Lipinski definition) is 2. The molecule has 29 heavy (non-hydrogen) atoms. The molecule has 1 heterocycles. The number of nitrogens with zero attached hydrogens (tertiary/aromatic N) is 1. The number of hydrogen-bond acceptors (Lipinski definition) is 5. The van der Waals surface area contributed by atoms with Crippen LogP contribution in [0.2, 0.25) is 0 Å². The Morgan fingerprint density at radius 3 is 2.45 bits per heavy atom. The monoisotopic (exact) mass is 391 g/mol. The largest absolute Gasteiger partial charge is 0.495 e. The van der Waals surface area contributed by atoms with Crippen molar-refractivity contribution in [1.82, 2.24) is 4.98 Å². The zero-order chi connectivity index (χ0) is 20.8. The van der Waals surface area contributed by atoms with E-state index < -0.39 is 0 Å². The minimum Gasteiger partial charge on any atom is -0.495 e. The van der Waals surface area contributed by atoms with Crippen LogP contribution in [0.4, 0.5) is 17.1 Å². The molecule has 0 spiro atoms. The van der Waals surface area contributed by atoms with Crippen molar-refractivity contribution in [3.05, 3.63) is 72.1 Å². The summed E-state index contributed by atoms with van der Waals surface area (Å²) < 4.78 is 11.0. The van der Waals surface area contributed by atoms with Gasteiger partial charge < -0.3 is 20.1 Å². The van der Waals surface area contributed by atoms with E-state index in [4.69, 9.17) is 9.47 Å². The Morgan fingerprint density at radius 2 is 1.76 bits per heavy atom. The van der Waals surface area contributed by atoms with Gasteiger partial charge in [0.1, 0.15) is 17.2 Å². The van der Waals surface area contributed by atoms with Crippen molar-refractivity contribution in [2.24, 2.45) is 0 Å². The number of pyridine rings is 1. The van der Waals surface area contributed by atoms with Gasteiger partial charge in [-0.25, -0.2) is 0 Å². The number of ether oxygens (including phenoxy) is 2. The quantitative estimate of drug-likeness (QED) is 0.580. The number of carbonyl (C=O) groups excluding carboxylic acids is 1. The summed E-state index contributed by atoms with van der Waals surface area (Å²) in [6.07, 6.45) is 1.73. The lowest BCUT2D eigenvalue weighted by Crippen LogP contribution is -2.14. The summed E-state index contributed by atoms with van der Waals surface area (Å²) in [5.41, 5.74) is 3.59. The molecule has 2 aromatic carbocycles. The van der Waals surface area contributed by atoms with Gasteiger partial charge in [0.05, 0.1) is 18.9 Å². The molecule has 0 aliphatic heterocycles. The van der Waals surface area contributed by atoms with Gasteiger partial charge in [-0.3, -0.25) is 9.78 Å². The molecule has 0 unspecified atom stereocenters. The fourth-order valence-corrected chi connectivity index (χ4v) is 2.79. The van der Waals surface area contributed by atoms with E-state index >= 15 is 0 Å². The minimum atomic E-state index is -0.307. The number of benzene rings is 2. The normalized spacial score (nSPS) is 10.5. The minimum absolute atomic E-state index is 0.127. The molecule has 150 valence electrons. The first-order valence-corrected chi connectivity index (χ1v) is 9.40. The molecule has 3 rings (SSSR count). The van der Waals surface area contributed by atoms with Crippen LogP contribution in [0.25, 0.3) is 0 Å². The molecule has 1 aromatic heterocycles. The predicted molar refractivity (Wildman–Crippen MR) is 115 cm³/mol. The molecule has 1 amide bonds. The lowest BCUT2D eigenvalue weighted by molar-refractivity contribution is 0.102. The molecule has 0 radical (unpaired) electrons. The van der Waals surface area contributed by atoms with Crippen molar-refractivity contribution in [3.63, 3.8) is 0 Å². The Bertz CT molecular complexity index is 985. The van der Waals surface area contributed by atoms with E-state index in [9.17, 15) is 4.79 Å². The molecule has 2 N–H and O–H groups in total. The van der Waals surface area contributed by atoms with Crippen LogP contribution in [0, 0.1) is 6.92 Å². The smallest absolute Gasteiger partial charge is 0.274 e. The second-order valence-corrected chi connectivity index (χ2v) is 6.90. The number of rotatable bonds is 7. The third-order valence-electron chi connectivity index (χ3n) is 4.11. The molecular formula is C23H25N3O3. The number of anilines is 3. The number of carbonyl (C=O) groups is 1. The molecule has 0 aliphatic carbocycles. The summed E-state index contributed by atoms with van der Waals surface area (Å²) in [7, 11) is 1.57. The molecule has 0 atom stereocenters. The van der Waals surface area contributed by atoms with Crippen molar-refractivity contribution in [3.8, 4) is 11.5 Å². The van der Waals surface area contributed by atoms with Gasteiger partial charge in [-0.1, -0.05) is 6.07 Å². The van der Waals surface area contributed by atoms with Crippen LogP contribution in [0.15, 0.2) is 60.8 Å². The van der Waals surface area contributed by atoms with Crippen LogP contribution in [0.5, 0.6) is 11.5 Å². The second-order valence-electron chi connectivity index (χ2n) is 6.90. The maximum Gasteiger partial charge on any atom is 0.274 e. The van der Waals surface area contributed by atoms with E-state index in [1.165, 1.54) is 0 Å². The Labute approximate surface area is 170 Å². The molecule has 0 aliphatic rings. The van der Waals surface area contributed by atoms with Gasteiger partial charge in [-0.15, -0.1) is 0 Å². The van der Waals surface area contributed by atoms with E-state index in [-0.39, 0.29) is 12.0 Å². The highest BCUT2D eigenvalue weighted by Gasteiger charge is 2.12. The summed E-state index contributed by atoms with van der Waals surface area (Å²) in [4.78, 5) is 16.9. The Kier molecular flexibility index (Phi) is 6.34. The van der Waals surface area contributed by atoms with Gasteiger partial charge in [0, 0.05) is 17.6 Å². The maximum atomic E-state index is 12.7. The van der Waals surface area contributed by atoms with E-state index in [0.29, 0.717) is 17.1 Å². The number of aromatic nitrogens is 1. The highest BCUT2D eigenvalue weighted by atomic mass is 16.5. The molecule has 0 bridgehead atoms. The first-order chi connectivity index (χ1) is 13.9. The second kappa shape index (κ2) is 9.10. The van der Waals surface area contributed by atoms with Crippen LogP contribution in [0.1, 0.15) is 29.9 Å². The summed E-state index contributed by atoms with van der Waals surface area (Å²) in [6.45, 7) is 5.93. The Hall–Kier alpha value is -3.54. The van der Waals surface area contributed by atoms with E-state index in [1.54, 1.807) is 19.4 Å². The van der Waals surface area contributed by atoms with E-state index in [2.05, 4.69) is 15.6 Å². The van der Waals surface area contributed by atoms with Gasteiger partial charge in [0.25, 0.3) is 5.91 Å². The van der Waals surface area contributed by atoms with Gasteiger partial charge in [0.2, 0.25) is 0 Å². The van der Waals surface area contributed by atoms with Gasteiger partial charge in [0.15, 0.2) is 0 Å². The zero-order valence-electron chi connectivity index (χ0n) is 17.0. The number of methoxy groups -OCH3 is 1. The van der Waals surface area contributed by atoms with Gasteiger partial charge in [-0.05, 0) is 74.9 Å². The molecule has 0 saturated carbocycles. The van der Waals surface area contributed by atoms with Crippen LogP contribution >= 0.6 is 0 Å². The fraction of sp³-hybridized carbons (Fsp3) is 0.217. The predicted octanol–water partition coefficient (Wildman–Crippen LogP) is 5.18. The molecule has 3 aromatic rings. The van der Waals surface area contributed by atoms with Crippen molar-refractivity contribution in [2.75, 3.05) is 17.7 Å². The van der Waals surface area contributed by atoms with Crippen molar-refractivity contribution in [2.45, 2.75) is 26.9 Å². The molecule has 6 nitrogen and oxygen atoms in total. The first kappa shape index (κ1) is 20.2. The number of nitrogens with one attached hydrogen (secondary N) is 2. The van der Waals surface area contributed by atoms with E-state index in [1.807, 2.05) is 69.3 Å². The molecule has 0 saturated heterocycles. The van der Waals surface area contributed by atoms with Crippen LogP contribution < -0.4 is 20.1 Å². The number of amides is 1. The zero-order valence-corrected chi connectivity index (χ0v) is 17.0. The standard InChI is InChI=1S/C23H25N3O3/c1-15(2)29-19-8-6-17(7-9-19)25-18-11-12-24-21(14-18)23(27)26-20-13-16(3)5-10-22(20)28-4/h5-15H,1-4H3,(H,24,25)(H,26,27). The first-order valence-electron chi connectivity index (χ1n) is 9.40. The summed E-state index contributed by atoms with van der Waals surface area (Å²) in [5, 5.41) is 6.14. The summed E-state index contributed by atoms with van der Waals surface area (Å²) in [5.74, 6) is 1.10. The molecule has 0 fully saturated rings. The average Bonchev–Trinajstić information content (AvgIpc) is 2.69. The van der Waals surface area contributed by atoms with Gasteiger partial charge >= 0.3 is 0 Å². The van der Waals surface area contributed by atoms with Crippen LogP contribution in [0.3, 0.4) is 0 Å².